The molecule has 0 aliphatic heterocycles. The van der Waals surface area contributed by atoms with Crippen LogP contribution in [0.4, 0.5) is 11.4 Å². The number of benzene rings is 2. The zero-order chi connectivity index (χ0) is 17.7. The Hall–Kier alpha value is -2.87. The van der Waals surface area contributed by atoms with Crippen LogP contribution in [0.25, 0.3) is 0 Å². The number of hydrogen-bond acceptors (Lipinski definition) is 4. The zero-order valence-electron chi connectivity index (χ0n) is 13.2. The highest BCUT2D eigenvalue weighted by Gasteiger charge is 2.14. The second-order valence-corrected chi connectivity index (χ2v) is 6.65. The minimum atomic E-state index is -3.76. The first kappa shape index (κ1) is 17.5. The molecule has 2 aromatic rings. The topological polar surface area (TPSA) is 104 Å². The predicted molar refractivity (Wildman–Crippen MR) is 91.4 cm³/mol. The summed E-state index contributed by atoms with van der Waals surface area (Å²) >= 11 is 0. The number of carbonyl (C=O) groups is 2. The van der Waals surface area contributed by atoms with Crippen LogP contribution in [0.1, 0.15) is 17.3 Å². The van der Waals surface area contributed by atoms with Gasteiger partial charge in [-0.25, -0.2) is 8.42 Å². The number of nitrogens with one attached hydrogen (secondary N) is 3. The molecule has 0 bridgehead atoms. The van der Waals surface area contributed by atoms with Crippen LogP contribution in [0, 0.1) is 0 Å². The molecule has 2 rings (SSSR count). The lowest BCUT2D eigenvalue weighted by molar-refractivity contribution is -0.114. The van der Waals surface area contributed by atoms with Crippen LogP contribution >= 0.6 is 0 Å². The van der Waals surface area contributed by atoms with Crippen molar-refractivity contribution < 1.29 is 18.0 Å². The number of sulfonamides is 1. The standard InChI is InChI=1S/C16H17N3O4S/c1-11(20)18-13-7-9-15(10-8-13)24(22,23)19-14-5-3-12(4-6-14)16(21)17-2/h3-10,19H,1-2H3,(H,17,21)(H,18,20). The first-order chi connectivity index (χ1) is 11.3. The van der Waals surface area contributed by atoms with E-state index in [2.05, 4.69) is 15.4 Å². The Labute approximate surface area is 140 Å². The molecule has 0 heterocycles. The molecular weight excluding hydrogens is 330 g/mol. The fourth-order valence-electron chi connectivity index (χ4n) is 1.97. The third kappa shape index (κ3) is 4.32. The molecule has 0 unspecified atom stereocenters. The fraction of sp³-hybridized carbons (Fsp3) is 0.125. The molecule has 0 radical (unpaired) electrons. The average Bonchev–Trinajstić information content (AvgIpc) is 2.54. The van der Waals surface area contributed by atoms with Gasteiger partial charge in [0.15, 0.2) is 0 Å². The lowest BCUT2D eigenvalue weighted by Crippen LogP contribution is -2.18. The zero-order valence-corrected chi connectivity index (χ0v) is 14.0. The SMILES string of the molecule is CNC(=O)c1ccc(NS(=O)(=O)c2ccc(NC(C)=O)cc2)cc1. The number of anilines is 2. The summed E-state index contributed by atoms with van der Waals surface area (Å²) in [7, 11) is -2.24. The summed E-state index contributed by atoms with van der Waals surface area (Å²) in [5.74, 6) is -0.488. The van der Waals surface area contributed by atoms with Gasteiger partial charge < -0.3 is 10.6 Å². The molecule has 0 aliphatic carbocycles. The van der Waals surface area contributed by atoms with Crippen molar-refractivity contribution >= 4 is 33.2 Å². The highest BCUT2D eigenvalue weighted by atomic mass is 32.2. The van der Waals surface area contributed by atoms with E-state index in [4.69, 9.17) is 0 Å². The van der Waals surface area contributed by atoms with Gasteiger partial charge in [0.05, 0.1) is 4.90 Å². The Morgan fingerprint density at radius 1 is 0.875 bits per heavy atom. The minimum absolute atomic E-state index is 0.0620. The fourth-order valence-corrected chi connectivity index (χ4v) is 3.03. The molecule has 0 saturated carbocycles. The van der Waals surface area contributed by atoms with Gasteiger partial charge >= 0.3 is 0 Å². The highest BCUT2D eigenvalue weighted by Crippen LogP contribution is 2.18. The van der Waals surface area contributed by atoms with E-state index in [0.29, 0.717) is 16.9 Å². The molecule has 0 aromatic heterocycles. The molecule has 2 aromatic carbocycles. The Kier molecular flexibility index (Phi) is 5.20. The summed E-state index contributed by atoms with van der Waals surface area (Å²) in [4.78, 5) is 22.5. The predicted octanol–water partition coefficient (Wildman–Crippen LogP) is 1.81. The van der Waals surface area contributed by atoms with Gasteiger partial charge in [-0.3, -0.25) is 14.3 Å². The second-order valence-electron chi connectivity index (χ2n) is 4.97. The van der Waals surface area contributed by atoms with E-state index in [0.717, 1.165) is 0 Å². The van der Waals surface area contributed by atoms with E-state index >= 15 is 0 Å². The van der Waals surface area contributed by atoms with Crippen molar-refractivity contribution in [1.82, 2.24) is 5.32 Å². The second kappa shape index (κ2) is 7.14. The number of rotatable bonds is 5. The van der Waals surface area contributed by atoms with Crippen LogP contribution in [-0.4, -0.2) is 27.3 Å². The maximum Gasteiger partial charge on any atom is 0.261 e. The molecular formula is C16H17N3O4S. The van der Waals surface area contributed by atoms with Crippen LogP contribution in [-0.2, 0) is 14.8 Å². The quantitative estimate of drug-likeness (QED) is 0.767. The van der Waals surface area contributed by atoms with E-state index in [1.807, 2.05) is 0 Å². The average molecular weight is 347 g/mol. The van der Waals surface area contributed by atoms with Gasteiger partial charge in [0.25, 0.3) is 15.9 Å². The summed E-state index contributed by atoms with van der Waals surface area (Å²) in [5, 5.41) is 5.05. The molecule has 0 saturated heterocycles. The summed E-state index contributed by atoms with van der Waals surface area (Å²) in [6.45, 7) is 1.37. The lowest BCUT2D eigenvalue weighted by Gasteiger charge is -2.09. The maximum atomic E-state index is 12.3. The smallest absolute Gasteiger partial charge is 0.261 e. The molecule has 7 nitrogen and oxygen atoms in total. The van der Waals surface area contributed by atoms with E-state index in [1.54, 1.807) is 0 Å². The molecule has 0 spiro atoms. The van der Waals surface area contributed by atoms with E-state index in [9.17, 15) is 18.0 Å². The molecule has 3 N–H and O–H groups in total. The summed E-state index contributed by atoms with van der Waals surface area (Å²) < 4.78 is 27.1. The molecule has 24 heavy (non-hydrogen) atoms. The summed E-state index contributed by atoms with van der Waals surface area (Å²) in [5.41, 5.74) is 1.28. The Morgan fingerprint density at radius 3 is 1.92 bits per heavy atom. The normalized spacial score (nSPS) is 10.8. The van der Waals surface area contributed by atoms with E-state index in [1.165, 1.54) is 62.5 Å². The van der Waals surface area contributed by atoms with Crippen molar-refractivity contribution in [3.63, 3.8) is 0 Å². The van der Waals surface area contributed by atoms with Crippen LogP contribution in [0.2, 0.25) is 0 Å². The third-order valence-electron chi connectivity index (χ3n) is 3.11. The van der Waals surface area contributed by atoms with E-state index < -0.39 is 10.0 Å². The monoisotopic (exact) mass is 347 g/mol. The first-order valence-corrected chi connectivity index (χ1v) is 8.53. The van der Waals surface area contributed by atoms with Crippen molar-refractivity contribution in [2.45, 2.75) is 11.8 Å². The third-order valence-corrected chi connectivity index (χ3v) is 4.51. The van der Waals surface area contributed by atoms with Gasteiger partial charge in [-0.1, -0.05) is 0 Å². The van der Waals surface area contributed by atoms with Gasteiger partial charge in [-0.2, -0.15) is 0 Å². The lowest BCUT2D eigenvalue weighted by atomic mass is 10.2. The van der Waals surface area contributed by atoms with Crippen molar-refractivity contribution in [3.8, 4) is 0 Å². The Bertz CT molecular complexity index is 844. The number of amides is 2. The molecule has 126 valence electrons. The van der Waals surface area contributed by atoms with Crippen LogP contribution in [0.3, 0.4) is 0 Å². The van der Waals surface area contributed by atoms with Crippen LogP contribution in [0.5, 0.6) is 0 Å². The van der Waals surface area contributed by atoms with Gasteiger partial charge in [-0.05, 0) is 48.5 Å². The van der Waals surface area contributed by atoms with E-state index in [-0.39, 0.29) is 16.7 Å². The summed E-state index contributed by atoms with van der Waals surface area (Å²) in [6, 6.07) is 11.9. The van der Waals surface area contributed by atoms with Gasteiger partial charge in [-0.15, -0.1) is 0 Å². The van der Waals surface area contributed by atoms with Gasteiger partial charge in [0.1, 0.15) is 0 Å². The molecule has 0 atom stereocenters. The first-order valence-electron chi connectivity index (χ1n) is 7.04. The van der Waals surface area contributed by atoms with Gasteiger partial charge in [0, 0.05) is 30.9 Å². The number of carbonyl (C=O) groups excluding carboxylic acids is 2. The molecule has 0 fully saturated rings. The highest BCUT2D eigenvalue weighted by molar-refractivity contribution is 7.92. The Balaban J connectivity index is 2.15. The van der Waals surface area contributed by atoms with Crippen LogP contribution < -0.4 is 15.4 Å². The van der Waals surface area contributed by atoms with Crippen molar-refractivity contribution in [1.29, 1.82) is 0 Å². The van der Waals surface area contributed by atoms with Crippen LogP contribution in [0.15, 0.2) is 53.4 Å². The molecule has 0 aliphatic rings. The van der Waals surface area contributed by atoms with Gasteiger partial charge in [0.2, 0.25) is 5.91 Å². The molecule has 8 heteroatoms. The minimum Gasteiger partial charge on any atom is -0.355 e. The maximum absolute atomic E-state index is 12.3. The number of hydrogen-bond donors (Lipinski definition) is 3. The summed E-state index contributed by atoms with van der Waals surface area (Å²) in [6.07, 6.45) is 0. The van der Waals surface area contributed by atoms with Crippen molar-refractivity contribution in [2.24, 2.45) is 0 Å². The largest absolute Gasteiger partial charge is 0.355 e. The van der Waals surface area contributed by atoms with Crippen molar-refractivity contribution in [2.75, 3.05) is 17.1 Å². The van der Waals surface area contributed by atoms with Crippen molar-refractivity contribution in [3.05, 3.63) is 54.1 Å². The Morgan fingerprint density at radius 2 is 1.42 bits per heavy atom. The molecule has 2 amide bonds.